The Hall–Kier alpha value is -2.14. The second kappa shape index (κ2) is 5.88. The Morgan fingerprint density at radius 3 is 2.50 bits per heavy atom. The number of amides is 1. The maximum atomic E-state index is 12.5. The first kappa shape index (κ1) is 14.3. The van der Waals surface area contributed by atoms with E-state index < -0.39 is 0 Å². The SMILES string of the molecule is CCc1cc(C(=O)N(C)c2ccc(CN)cc2)n(C)n1. The lowest BCUT2D eigenvalue weighted by molar-refractivity contribution is 0.0984. The van der Waals surface area contributed by atoms with Gasteiger partial charge in [0.05, 0.1) is 5.69 Å². The molecule has 0 aliphatic rings. The number of rotatable bonds is 4. The molecule has 0 radical (unpaired) electrons. The van der Waals surface area contributed by atoms with E-state index in [1.54, 1.807) is 23.7 Å². The zero-order valence-electron chi connectivity index (χ0n) is 12.1. The van der Waals surface area contributed by atoms with Crippen LogP contribution in [0.15, 0.2) is 30.3 Å². The van der Waals surface area contributed by atoms with Crippen LogP contribution >= 0.6 is 0 Å². The monoisotopic (exact) mass is 272 g/mol. The highest BCUT2D eigenvalue weighted by Crippen LogP contribution is 2.17. The normalized spacial score (nSPS) is 10.6. The molecule has 0 spiro atoms. The topological polar surface area (TPSA) is 64.2 Å². The Kier molecular flexibility index (Phi) is 4.20. The number of carbonyl (C=O) groups is 1. The lowest BCUT2D eigenvalue weighted by Crippen LogP contribution is -2.28. The fourth-order valence-electron chi connectivity index (χ4n) is 2.04. The molecule has 0 unspecified atom stereocenters. The van der Waals surface area contributed by atoms with E-state index in [9.17, 15) is 4.79 Å². The molecule has 5 heteroatoms. The average molecular weight is 272 g/mol. The van der Waals surface area contributed by atoms with Crippen LogP contribution in [0.1, 0.15) is 28.7 Å². The maximum absolute atomic E-state index is 12.5. The molecular weight excluding hydrogens is 252 g/mol. The van der Waals surface area contributed by atoms with Gasteiger partial charge in [-0.3, -0.25) is 9.48 Å². The summed E-state index contributed by atoms with van der Waals surface area (Å²) in [7, 11) is 3.55. The third-order valence-electron chi connectivity index (χ3n) is 3.38. The van der Waals surface area contributed by atoms with Crippen molar-refractivity contribution in [2.45, 2.75) is 19.9 Å². The molecule has 2 rings (SSSR count). The second-order valence-corrected chi connectivity index (χ2v) is 4.73. The van der Waals surface area contributed by atoms with E-state index in [2.05, 4.69) is 5.10 Å². The largest absolute Gasteiger partial charge is 0.326 e. The van der Waals surface area contributed by atoms with Crippen LogP contribution in [0.25, 0.3) is 0 Å². The van der Waals surface area contributed by atoms with Crippen LogP contribution in [0.3, 0.4) is 0 Å². The molecule has 0 aliphatic heterocycles. The zero-order valence-corrected chi connectivity index (χ0v) is 12.1. The fourth-order valence-corrected chi connectivity index (χ4v) is 2.04. The van der Waals surface area contributed by atoms with Gasteiger partial charge in [0.1, 0.15) is 5.69 Å². The third kappa shape index (κ3) is 2.72. The molecule has 2 N–H and O–H groups in total. The smallest absolute Gasteiger partial charge is 0.276 e. The van der Waals surface area contributed by atoms with Crippen molar-refractivity contribution in [1.29, 1.82) is 0 Å². The van der Waals surface area contributed by atoms with Gasteiger partial charge in [0.25, 0.3) is 5.91 Å². The molecular formula is C15H20N4O. The number of benzene rings is 1. The summed E-state index contributed by atoms with van der Waals surface area (Å²) in [5.41, 5.74) is 8.97. The van der Waals surface area contributed by atoms with E-state index in [4.69, 9.17) is 5.73 Å². The summed E-state index contributed by atoms with van der Waals surface area (Å²) in [5.74, 6) is -0.0693. The summed E-state index contributed by atoms with van der Waals surface area (Å²) < 4.78 is 1.63. The first-order chi connectivity index (χ1) is 9.56. The van der Waals surface area contributed by atoms with Crippen molar-refractivity contribution < 1.29 is 4.79 Å². The molecule has 0 saturated heterocycles. The highest BCUT2D eigenvalue weighted by atomic mass is 16.2. The number of aromatic nitrogens is 2. The van der Waals surface area contributed by atoms with Crippen LogP contribution in [0.4, 0.5) is 5.69 Å². The molecule has 5 nitrogen and oxygen atoms in total. The van der Waals surface area contributed by atoms with Crippen molar-refractivity contribution >= 4 is 11.6 Å². The van der Waals surface area contributed by atoms with E-state index in [1.165, 1.54) is 0 Å². The summed E-state index contributed by atoms with van der Waals surface area (Å²) >= 11 is 0. The average Bonchev–Trinajstić information content (AvgIpc) is 2.87. The predicted molar refractivity (Wildman–Crippen MR) is 79.7 cm³/mol. The Balaban J connectivity index is 2.24. The Labute approximate surface area is 119 Å². The van der Waals surface area contributed by atoms with Gasteiger partial charge in [-0.25, -0.2) is 0 Å². The molecule has 1 heterocycles. The van der Waals surface area contributed by atoms with Gasteiger partial charge in [0.15, 0.2) is 0 Å². The van der Waals surface area contributed by atoms with Crippen LogP contribution in [0.5, 0.6) is 0 Å². The van der Waals surface area contributed by atoms with Gasteiger partial charge in [-0.05, 0) is 30.2 Å². The summed E-state index contributed by atoms with van der Waals surface area (Å²) in [4.78, 5) is 14.1. The maximum Gasteiger partial charge on any atom is 0.276 e. The van der Waals surface area contributed by atoms with Gasteiger partial charge < -0.3 is 10.6 Å². The van der Waals surface area contributed by atoms with Crippen LogP contribution in [-0.4, -0.2) is 22.7 Å². The number of aryl methyl sites for hydroxylation is 2. The molecule has 106 valence electrons. The van der Waals surface area contributed by atoms with Crippen molar-refractivity contribution in [3.63, 3.8) is 0 Å². The number of nitrogens with two attached hydrogens (primary N) is 1. The Morgan fingerprint density at radius 1 is 1.35 bits per heavy atom. The van der Waals surface area contributed by atoms with E-state index >= 15 is 0 Å². The molecule has 1 amide bonds. The van der Waals surface area contributed by atoms with Gasteiger partial charge in [-0.15, -0.1) is 0 Å². The van der Waals surface area contributed by atoms with Gasteiger partial charge in [-0.1, -0.05) is 19.1 Å². The third-order valence-corrected chi connectivity index (χ3v) is 3.38. The molecule has 20 heavy (non-hydrogen) atoms. The minimum atomic E-state index is -0.0693. The number of anilines is 1. The fraction of sp³-hybridized carbons (Fsp3) is 0.333. The summed E-state index contributed by atoms with van der Waals surface area (Å²) in [6.07, 6.45) is 0.816. The van der Waals surface area contributed by atoms with Gasteiger partial charge in [0, 0.05) is 26.3 Å². The highest BCUT2D eigenvalue weighted by molar-refractivity contribution is 6.04. The standard InChI is InChI=1S/C15H20N4O/c1-4-12-9-14(19(3)17-12)15(20)18(2)13-7-5-11(10-16)6-8-13/h5-9H,4,10,16H2,1-3H3. The molecule has 0 bridgehead atoms. The highest BCUT2D eigenvalue weighted by Gasteiger charge is 2.18. The van der Waals surface area contributed by atoms with Crippen molar-refractivity contribution in [1.82, 2.24) is 9.78 Å². The number of hydrogen-bond acceptors (Lipinski definition) is 3. The molecule has 0 aliphatic carbocycles. The van der Waals surface area contributed by atoms with E-state index in [1.807, 2.05) is 37.3 Å². The lowest BCUT2D eigenvalue weighted by Gasteiger charge is -2.17. The van der Waals surface area contributed by atoms with Gasteiger partial charge in [0.2, 0.25) is 0 Å². The molecule has 2 aromatic rings. The van der Waals surface area contributed by atoms with Crippen LogP contribution in [0.2, 0.25) is 0 Å². The molecule has 0 fully saturated rings. The quantitative estimate of drug-likeness (QED) is 0.921. The lowest BCUT2D eigenvalue weighted by atomic mass is 10.2. The van der Waals surface area contributed by atoms with Crippen LogP contribution in [0, 0.1) is 0 Å². The Bertz CT molecular complexity index is 601. The molecule has 1 aromatic carbocycles. The second-order valence-electron chi connectivity index (χ2n) is 4.73. The first-order valence-electron chi connectivity index (χ1n) is 6.66. The van der Waals surface area contributed by atoms with Crippen molar-refractivity contribution in [2.24, 2.45) is 12.8 Å². The molecule has 0 atom stereocenters. The van der Waals surface area contributed by atoms with E-state index in [0.717, 1.165) is 23.4 Å². The molecule has 1 aromatic heterocycles. The van der Waals surface area contributed by atoms with Crippen molar-refractivity contribution in [2.75, 3.05) is 11.9 Å². The molecule has 0 saturated carbocycles. The van der Waals surface area contributed by atoms with Gasteiger partial charge >= 0.3 is 0 Å². The zero-order chi connectivity index (χ0) is 14.7. The van der Waals surface area contributed by atoms with Crippen LogP contribution < -0.4 is 10.6 Å². The number of hydrogen-bond donors (Lipinski definition) is 1. The summed E-state index contributed by atoms with van der Waals surface area (Å²) in [6.45, 7) is 2.52. The number of nitrogens with zero attached hydrogens (tertiary/aromatic N) is 3. The minimum absolute atomic E-state index is 0.0693. The summed E-state index contributed by atoms with van der Waals surface area (Å²) in [6, 6.07) is 9.50. The minimum Gasteiger partial charge on any atom is -0.326 e. The summed E-state index contributed by atoms with van der Waals surface area (Å²) in [5, 5.41) is 4.31. The van der Waals surface area contributed by atoms with Crippen molar-refractivity contribution in [3.8, 4) is 0 Å². The van der Waals surface area contributed by atoms with E-state index in [-0.39, 0.29) is 5.91 Å². The Morgan fingerprint density at radius 2 is 2.00 bits per heavy atom. The van der Waals surface area contributed by atoms with E-state index in [0.29, 0.717) is 12.2 Å². The first-order valence-corrected chi connectivity index (χ1v) is 6.66. The van der Waals surface area contributed by atoms with Crippen molar-refractivity contribution in [3.05, 3.63) is 47.3 Å². The number of carbonyl (C=O) groups excluding carboxylic acids is 1. The van der Waals surface area contributed by atoms with Gasteiger partial charge in [-0.2, -0.15) is 5.10 Å². The predicted octanol–water partition coefficient (Wildman–Crippen LogP) is 1.72. The van der Waals surface area contributed by atoms with Crippen LogP contribution in [-0.2, 0) is 20.0 Å².